The number of nitrogens with two attached hydrogens (primary N) is 1. The smallest absolute Gasteiger partial charge is 0.223 e. The van der Waals surface area contributed by atoms with E-state index in [-0.39, 0.29) is 0 Å². The highest BCUT2D eigenvalue weighted by atomic mass is 16.3. The minimum Gasteiger partial charge on any atom is -0.396 e. The van der Waals surface area contributed by atoms with Gasteiger partial charge in [0.1, 0.15) is 0 Å². The molecule has 5 heteroatoms. The molecule has 1 aromatic heterocycles. The molecular formula is C10H18N4O. The molecule has 5 nitrogen and oxygen atoms in total. The molecule has 0 bridgehead atoms. The maximum atomic E-state index is 9.92. The lowest BCUT2D eigenvalue weighted by Gasteiger charge is -2.37. The fourth-order valence-corrected chi connectivity index (χ4v) is 0.835. The maximum absolute atomic E-state index is 9.92. The van der Waals surface area contributed by atoms with E-state index in [0.29, 0.717) is 11.6 Å². The van der Waals surface area contributed by atoms with Crippen molar-refractivity contribution in [2.45, 2.75) is 38.8 Å². The molecule has 1 rings (SSSR count). The predicted octanol–water partition coefficient (Wildman–Crippen LogP) is 1.02. The number of hydrogen-bond donors (Lipinski definition) is 3. The molecule has 15 heavy (non-hydrogen) atoms. The summed E-state index contributed by atoms with van der Waals surface area (Å²) in [6, 6.07) is 0. The van der Waals surface area contributed by atoms with E-state index < -0.39 is 11.1 Å². The van der Waals surface area contributed by atoms with Crippen molar-refractivity contribution in [3.63, 3.8) is 0 Å². The molecule has 0 spiro atoms. The van der Waals surface area contributed by atoms with Crippen LogP contribution in [0.3, 0.4) is 0 Å². The van der Waals surface area contributed by atoms with Crippen molar-refractivity contribution in [2.24, 2.45) is 0 Å². The van der Waals surface area contributed by atoms with Crippen LogP contribution in [-0.4, -0.2) is 26.2 Å². The van der Waals surface area contributed by atoms with Crippen molar-refractivity contribution in [3.8, 4) is 0 Å². The van der Waals surface area contributed by atoms with Gasteiger partial charge in [-0.15, -0.1) is 0 Å². The van der Waals surface area contributed by atoms with Crippen molar-refractivity contribution < 1.29 is 5.11 Å². The number of aromatic nitrogens is 2. The van der Waals surface area contributed by atoms with Gasteiger partial charge in [-0.2, -0.15) is 0 Å². The first-order chi connectivity index (χ1) is 6.72. The Kier molecular flexibility index (Phi) is 2.86. The molecule has 0 saturated carbocycles. The SMILES string of the molecule is CC(C)(O)C(C)(C)Nc1ncc(N)cn1. The molecule has 0 atom stereocenters. The highest BCUT2D eigenvalue weighted by Crippen LogP contribution is 2.24. The number of nitrogens with zero attached hydrogens (tertiary/aromatic N) is 2. The molecule has 0 aromatic carbocycles. The Morgan fingerprint density at radius 3 is 2.07 bits per heavy atom. The van der Waals surface area contributed by atoms with Gasteiger partial charge in [-0.05, 0) is 27.7 Å². The normalized spacial score (nSPS) is 12.6. The van der Waals surface area contributed by atoms with Gasteiger partial charge >= 0.3 is 0 Å². The summed E-state index contributed by atoms with van der Waals surface area (Å²) in [7, 11) is 0. The molecule has 0 radical (unpaired) electrons. The van der Waals surface area contributed by atoms with Crippen LogP contribution in [0.1, 0.15) is 27.7 Å². The zero-order valence-corrected chi connectivity index (χ0v) is 9.57. The number of nitrogen functional groups attached to an aromatic ring is 1. The van der Waals surface area contributed by atoms with E-state index in [0.717, 1.165) is 0 Å². The molecule has 0 aliphatic rings. The number of anilines is 2. The first-order valence-electron chi connectivity index (χ1n) is 4.80. The molecule has 1 aromatic rings. The van der Waals surface area contributed by atoms with Crippen LogP contribution in [0.25, 0.3) is 0 Å². The number of nitrogens with one attached hydrogen (secondary N) is 1. The van der Waals surface area contributed by atoms with Gasteiger partial charge in [-0.25, -0.2) is 9.97 Å². The fraction of sp³-hybridized carbons (Fsp3) is 0.600. The third kappa shape index (κ3) is 2.79. The van der Waals surface area contributed by atoms with Crippen LogP contribution in [0.15, 0.2) is 12.4 Å². The zero-order valence-electron chi connectivity index (χ0n) is 9.57. The highest BCUT2D eigenvalue weighted by Gasteiger charge is 2.35. The van der Waals surface area contributed by atoms with Crippen molar-refractivity contribution in [3.05, 3.63) is 12.4 Å². The molecular weight excluding hydrogens is 192 g/mol. The third-order valence-electron chi connectivity index (χ3n) is 2.63. The van der Waals surface area contributed by atoms with Gasteiger partial charge in [-0.3, -0.25) is 0 Å². The van der Waals surface area contributed by atoms with Crippen LogP contribution in [0.4, 0.5) is 11.6 Å². The monoisotopic (exact) mass is 210 g/mol. The Labute approximate surface area is 89.7 Å². The molecule has 0 fully saturated rings. The average molecular weight is 210 g/mol. The first kappa shape index (κ1) is 11.7. The number of aliphatic hydroxyl groups is 1. The summed E-state index contributed by atoms with van der Waals surface area (Å²) in [4.78, 5) is 8.04. The van der Waals surface area contributed by atoms with Gasteiger partial charge in [0.2, 0.25) is 5.95 Å². The second kappa shape index (κ2) is 3.66. The Morgan fingerprint density at radius 2 is 1.67 bits per heavy atom. The second-order valence-electron chi connectivity index (χ2n) is 4.65. The number of rotatable bonds is 3. The molecule has 4 N–H and O–H groups in total. The summed E-state index contributed by atoms with van der Waals surface area (Å²) in [5, 5.41) is 13.0. The summed E-state index contributed by atoms with van der Waals surface area (Å²) in [6.45, 7) is 7.23. The minimum absolute atomic E-state index is 0.455. The fourth-order valence-electron chi connectivity index (χ4n) is 0.835. The Morgan fingerprint density at radius 1 is 1.20 bits per heavy atom. The van der Waals surface area contributed by atoms with Crippen molar-refractivity contribution in [1.29, 1.82) is 0 Å². The third-order valence-corrected chi connectivity index (χ3v) is 2.63. The minimum atomic E-state index is -0.877. The predicted molar refractivity (Wildman–Crippen MR) is 60.4 cm³/mol. The van der Waals surface area contributed by atoms with Gasteiger partial charge in [0, 0.05) is 0 Å². The Hall–Kier alpha value is -1.36. The van der Waals surface area contributed by atoms with Gasteiger partial charge in [0.05, 0.1) is 29.2 Å². The summed E-state index contributed by atoms with van der Waals surface area (Å²) >= 11 is 0. The largest absolute Gasteiger partial charge is 0.396 e. The maximum Gasteiger partial charge on any atom is 0.223 e. The summed E-state index contributed by atoms with van der Waals surface area (Å²) < 4.78 is 0. The van der Waals surface area contributed by atoms with E-state index in [1.807, 2.05) is 13.8 Å². The standard InChI is InChI=1S/C10H18N4O/c1-9(2,10(3,4)15)14-8-12-5-7(11)6-13-8/h5-6,15H,11H2,1-4H3,(H,12,13,14). The van der Waals surface area contributed by atoms with Crippen molar-refractivity contribution >= 4 is 11.6 Å². The van der Waals surface area contributed by atoms with E-state index >= 15 is 0 Å². The lowest BCUT2D eigenvalue weighted by Crippen LogP contribution is -2.51. The van der Waals surface area contributed by atoms with Crippen LogP contribution in [0.2, 0.25) is 0 Å². The molecule has 84 valence electrons. The van der Waals surface area contributed by atoms with E-state index in [1.54, 1.807) is 13.8 Å². The topological polar surface area (TPSA) is 84.1 Å². The molecule has 0 aliphatic heterocycles. The van der Waals surface area contributed by atoms with Gasteiger partial charge in [-0.1, -0.05) is 0 Å². The average Bonchev–Trinajstić information content (AvgIpc) is 2.06. The molecule has 0 aliphatic carbocycles. The summed E-state index contributed by atoms with van der Waals surface area (Å²) in [6.07, 6.45) is 3.05. The lowest BCUT2D eigenvalue weighted by atomic mass is 9.86. The van der Waals surface area contributed by atoms with Crippen molar-refractivity contribution in [2.75, 3.05) is 11.1 Å². The van der Waals surface area contributed by atoms with Gasteiger partial charge in [0.25, 0.3) is 0 Å². The second-order valence-corrected chi connectivity index (χ2v) is 4.65. The zero-order chi connectivity index (χ0) is 11.7. The van der Waals surface area contributed by atoms with Crippen molar-refractivity contribution in [1.82, 2.24) is 9.97 Å². The van der Waals surface area contributed by atoms with E-state index in [2.05, 4.69) is 15.3 Å². The van der Waals surface area contributed by atoms with Gasteiger partial charge < -0.3 is 16.2 Å². The van der Waals surface area contributed by atoms with Gasteiger partial charge in [0.15, 0.2) is 0 Å². The van der Waals surface area contributed by atoms with E-state index in [9.17, 15) is 5.11 Å². The van der Waals surface area contributed by atoms with Crippen LogP contribution in [-0.2, 0) is 0 Å². The molecule has 0 unspecified atom stereocenters. The molecule has 0 amide bonds. The summed E-state index contributed by atoms with van der Waals surface area (Å²) in [5.74, 6) is 0.455. The van der Waals surface area contributed by atoms with E-state index in [1.165, 1.54) is 12.4 Å². The van der Waals surface area contributed by atoms with Crippen LogP contribution < -0.4 is 11.1 Å². The van der Waals surface area contributed by atoms with Crippen LogP contribution >= 0.6 is 0 Å². The molecule has 1 heterocycles. The Balaban J connectivity index is 2.82. The van der Waals surface area contributed by atoms with Crippen LogP contribution in [0, 0.1) is 0 Å². The first-order valence-corrected chi connectivity index (χ1v) is 4.80. The van der Waals surface area contributed by atoms with Crippen LogP contribution in [0.5, 0.6) is 0 Å². The lowest BCUT2D eigenvalue weighted by molar-refractivity contribution is 0.0237. The highest BCUT2D eigenvalue weighted by molar-refractivity contribution is 5.37. The quantitative estimate of drug-likeness (QED) is 0.693. The summed E-state index contributed by atoms with van der Waals surface area (Å²) in [5.41, 5.74) is 4.59. The van der Waals surface area contributed by atoms with E-state index in [4.69, 9.17) is 5.73 Å². The number of hydrogen-bond acceptors (Lipinski definition) is 5. The molecule has 0 saturated heterocycles. The Bertz CT molecular complexity index is 326.